The Hall–Kier alpha value is -1.17. The van der Waals surface area contributed by atoms with Crippen LogP contribution in [0.5, 0.6) is 0 Å². The molecule has 0 unspecified atom stereocenters. The number of hydrogen-bond donors (Lipinski definition) is 1. The molecule has 0 saturated heterocycles. The van der Waals surface area contributed by atoms with Gasteiger partial charge in [-0.2, -0.15) is 13.2 Å². The first-order valence-corrected chi connectivity index (χ1v) is 6.29. The molecule has 0 radical (unpaired) electrons. The van der Waals surface area contributed by atoms with Crippen LogP contribution in [0.2, 0.25) is 15.1 Å². The molecule has 8 heteroatoms. The van der Waals surface area contributed by atoms with E-state index in [9.17, 15) is 18.0 Å². The number of nitrogens with one attached hydrogen (secondary N) is 1. The second kappa shape index (κ2) is 5.31. The second-order valence-corrected chi connectivity index (χ2v) is 5.00. The second-order valence-electron chi connectivity index (χ2n) is 3.81. The minimum absolute atomic E-state index is 0.00226. The number of H-pyrrole nitrogens is 1. The van der Waals surface area contributed by atoms with Gasteiger partial charge in [0.15, 0.2) is 0 Å². The molecule has 1 aromatic carbocycles. The van der Waals surface area contributed by atoms with E-state index in [-0.39, 0.29) is 20.6 Å². The van der Waals surface area contributed by atoms with Gasteiger partial charge in [0.05, 0.1) is 26.2 Å². The summed E-state index contributed by atoms with van der Waals surface area (Å²) in [6.07, 6.45) is -3.82. The van der Waals surface area contributed by atoms with Crippen molar-refractivity contribution >= 4 is 34.8 Å². The molecule has 0 spiro atoms. The molecule has 0 aliphatic rings. The normalized spacial score (nSPS) is 11.7. The Labute approximate surface area is 126 Å². The summed E-state index contributed by atoms with van der Waals surface area (Å²) in [7, 11) is 0. The molecule has 0 saturated carbocycles. The van der Waals surface area contributed by atoms with Crippen LogP contribution in [-0.4, -0.2) is 4.98 Å². The zero-order valence-electron chi connectivity index (χ0n) is 9.49. The fourth-order valence-corrected chi connectivity index (χ4v) is 2.44. The van der Waals surface area contributed by atoms with E-state index in [2.05, 4.69) is 4.98 Å². The van der Waals surface area contributed by atoms with Crippen molar-refractivity contribution in [2.75, 3.05) is 0 Å². The fraction of sp³-hybridized carbons (Fsp3) is 0.0833. The van der Waals surface area contributed by atoms with E-state index in [4.69, 9.17) is 34.8 Å². The SMILES string of the molecule is O=c1[nH]ccc(C(F)(F)F)c1-c1c(Cl)ccc(Cl)c1Cl. The van der Waals surface area contributed by atoms with Gasteiger partial charge in [-0.05, 0) is 18.2 Å². The predicted octanol–water partition coefficient (Wildman–Crippen LogP) is 5.02. The van der Waals surface area contributed by atoms with Crippen molar-refractivity contribution in [2.24, 2.45) is 0 Å². The van der Waals surface area contributed by atoms with Gasteiger partial charge < -0.3 is 4.98 Å². The summed E-state index contributed by atoms with van der Waals surface area (Å²) in [4.78, 5) is 14.0. The van der Waals surface area contributed by atoms with E-state index in [1.165, 1.54) is 12.1 Å². The minimum Gasteiger partial charge on any atom is -0.329 e. The predicted molar refractivity (Wildman–Crippen MR) is 72.5 cm³/mol. The van der Waals surface area contributed by atoms with Gasteiger partial charge in [0.2, 0.25) is 0 Å². The third kappa shape index (κ3) is 2.66. The largest absolute Gasteiger partial charge is 0.417 e. The zero-order valence-corrected chi connectivity index (χ0v) is 11.8. The van der Waals surface area contributed by atoms with Gasteiger partial charge in [-0.1, -0.05) is 34.8 Å². The van der Waals surface area contributed by atoms with Crippen LogP contribution < -0.4 is 5.56 Å². The van der Waals surface area contributed by atoms with Crippen LogP contribution in [0, 0.1) is 0 Å². The molecule has 0 amide bonds. The Morgan fingerprint density at radius 1 is 0.950 bits per heavy atom. The molecule has 2 nitrogen and oxygen atoms in total. The molecule has 0 aliphatic carbocycles. The summed E-state index contributed by atoms with van der Waals surface area (Å²) in [6, 6.07) is 3.35. The van der Waals surface area contributed by atoms with Gasteiger partial charge >= 0.3 is 6.18 Å². The van der Waals surface area contributed by atoms with Gasteiger partial charge in [0.25, 0.3) is 5.56 Å². The van der Waals surface area contributed by atoms with E-state index in [0.717, 1.165) is 12.3 Å². The summed E-state index contributed by atoms with van der Waals surface area (Å²) in [5, 5.41) is -0.301. The lowest BCUT2D eigenvalue weighted by Crippen LogP contribution is -2.17. The van der Waals surface area contributed by atoms with Crippen molar-refractivity contribution in [3.63, 3.8) is 0 Å². The number of rotatable bonds is 1. The zero-order chi connectivity index (χ0) is 15.1. The molecule has 20 heavy (non-hydrogen) atoms. The Morgan fingerprint density at radius 3 is 2.15 bits per heavy atom. The highest BCUT2D eigenvalue weighted by molar-refractivity contribution is 6.46. The summed E-state index contributed by atoms with van der Waals surface area (Å²) in [5.74, 6) is 0. The average molecular weight is 343 g/mol. The molecular weight excluding hydrogens is 337 g/mol. The number of aromatic amines is 1. The molecule has 0 aliphatic heterocycles. The van der Waals surface area contributed by atoms with Crippen LogP contribution in [-0.2, 0) is 6.18 Å². The monoisotopic (exact) mass is 341 g/mol. The van der Waals surface area contributed by atoms with Crippen LogP contribution in [0.1, 0.15) is 5.56 Å². The van der Waals surface area contributed by atoms with Crippen LogP contribution >= 0.6 is 34.8 Å². The molecule has 1 N–H and O–H groups in total. The van der Waals surface area contributed by atoms with Gasteiger partial charge in [-0.15, -0.1) is 0 Å². The molecule has 106 valence electrons. The summed E-state index contributed by atoms with van der Waals surface area (Å²) >= 11 is 17.5. The number of benzene rings is 1. The molecule has 0 fully saturated rings. The van der Waals surface area contributed by atoms with Crippen molar-refractivity contribution < 1.29 is 13.2 Å². The van der Waals surface area contributed by atoms with Crippen molar-refractivity contribution in [3.05, 3.63) is 55.4 Å². The molecule has 1 aromatic heterocycles. The first kappa shape index (κ1) is 15.2. The lowest BCUT2D eigenvalue weighted by molar-refractivity contribution is -0.137. The standard InChI is InChI=1S/C12H5Cl3F3NO/c13-6-1-2-7(14)10(15)9(6)8-5(12(16,17)18)3-4-19-11(8)20/h1-4H,(H,19,20). The maximum atomic E-state index is 13.0. The Morgan fingerprint density at radius 2 is 1.55 bits per heavy atom. The highest BCUT2D eigenvalue weighted by Gasteiger charge is 2.36. The highest BCUT2D eigenvalue weighted by atomic mass is 35.5. The van der Waals surface area contributed by atoms with E-state index in [0.29, 0.717) is 0 Å². The highest BCUT2D eigenvalue weighted by Crippen LogP contribution is 2.42. The number of pyridine rings is 1. The molecule has 1 heterocycles. The van der Waals surface area contributed by atoms with Crippen molar-refractivity contribution in [2.45, 2.75) is 6.18 Å². The minimum atomic E-state index is -4.72. The average Bonchev–Trinajstić information content (AvgIpc) is 2.35. The smallest absolute Gasteiger partial charge is 0.329 e. The van der Waals surface area contributed by atoms with Crippen molar-refractivity contribution in [1.29, 1.82) is 0 Å². The van der Waals surface area contributed by atoms with Gasteiger partial charge in [0.1, 0.15) is 0 Å². The molecular formula is C12H5Cl3F3NO. The molecule has 2 rings (SSSR count). The van der Waals surface area contributed by atoms with Crippen molar-refractivity contribution in [3.8, 4) is 11.1 Å². The molecule has 2 aromatic rings. The third-order valence-corrected chi connectivity index (χ3v) is 3.68. The number of alkyl halides is 3. The van der Waals surface area contributed by atoms with Crippen LogP contribution in [0.15, 0.2) is 29.2 Å². The first-order chi connectivity index (χ1) is 9.23. The maximum absolute atomic E-state index is 13.0. The van der Waals surface area contributed by atoms with E-state index < -0.39 is 22.9 Å². The first-order valence-electron chi connectivity index (χ1n) is 5.16. The number of hydrogen-bond acceptors (Lipinski definition) is 1. The Bertz CT molecular complexity index is 725. The summed E-state index contributed by atoms with van der Waals surface area (Å²) in [5.41, 5.74) is -2.98. The van der Waals surface area contributed by atoms with E-state index >= 15 is 0 Å². The maximum Gasteiger partial charge on any atom is 0.417 e. The van der Waals surface area contributed by atoms with Gasteiger partial charge in [-0.3, -0.25) is 4.79 Å². The van der Waals surface area contributed by atoms with E-state index in [1.807, 2.05) is 0 Å². The third-order valence-electron chi connectivity index (χ3n) is 2.56. The number of aromatic nitrogens is 1. The van der Waals surface area contributed by atoms with Crippen molar-refractivity contribution in [1.82, 2.24) is 4.98 Å². The van der Waals surface area contributed by atoms with Crippen LogP contribution in [0.25, 0.3) is 11.1 Å². The quantitative estimate of drug-likeness (QED) is 0.725. The summed E-state index contributed by atoms with van der Waals surface area (Å²) < 4.78 is 39.0. The lowest BCUT2D eigenvalue weighted by atomic mass is 10.0. The Kier molecular flexibility index (Phi) is 4.04. The Balaban J connectivity index is 2.91. The molecule has 0 bridgehead atoms. The van der Waals surface area contributed by atoms with E-state index in [1.54, 1.807) is 0 Å². The molecule has 0 atom stereocenters. The fourth-order valence-electron chi connectivity index (χ4n) is 1.72. The van der Waals surface area contributed by atoms with Crippen LogP contribution in [0.4, 0.5) is 13.2 Å². The topological polar surface area (TPSA) is 32.9 Å². The number of halogens is 6. The summed E-state index contributed by atoms with van der Waals surface area (Å²) in [6.45, 7) is 0. The van der Waals surface area contributed by atoms with Crippen LogP contribution in [0.3, 0.4) is 0 Å². The van der Waals surface area contributed by atoms with Gasteiger partial charge in [0, 0.05) is 11.8 Å². The lowest BCUT2D eigenvalue weighted by Gasteiger charge is -2.14. The van der Waals surface area contributed by atoms with Gasteiger partial charge in [-0.25, -0.2) is 0 Å².